The van der Waals surface area contributed by atoms with E-state index < -0.39 is 44.9 Å². The zero-order chi connectivity index (χ0) is 14.6. The van der Waals surface area contributed by atoms with Crippen molar-refractivity contribution in [2.45, 2.75) is 6.92 Å². The van der Waals surface area contributed by atoms with E-state index in [4.69, 9.17) is 19.6 Å². The summed E-state index contributed by atoms with van der Waals surface area (Å²) in [6, 6.07) is 0. The van der Waals surface area contributed by atoms with Crippen LogP contribution in [0.2, 0.25) is 0 Å². The summed E-state index contributed by atoms with van der Waals surface area (Å²) in [5.74, 6) is -1.09. The normalized spacial score (nSPS) is 13.4. The van der Waals surface area contributed by atoms with Crippen LogP contribution in [0, 0.1) is 5.21 Å². The smallest absolute Gasteiger partial charge is 0.379 e. The number of esters is 1. The van der Waals surface area contributed by atoms with Crippen LogP contribution in [0.5, 0.6) is 0 Å². The van der Waals surface area contributed by atoms with Crippen LogP contribution in [0.3, 0.4) is 0 Å². The summed E-state index contributed by atoms with van der Waals surface area (Å²) < 4.78 is 23.9. The molecule has 0 saturated heterocycles. The lowest BCUT2D eigenvalue weighted by atomic mass is 10.6. The van der Waals surface area contributed by atoms with Gasteiger partial charge in [-0.25, -0.2) is 4.79 Å². The van der Waals surface area contributed by atoms with E-state index in [-0.39, 0.29) is 6.61 Å². The predicted molar refractivity (Wildman–Crippen MR) is 58.9 cm³/mol. The second kappa shape index (κ2) is 6.23. The average molecular weight is 307 g/mol. The molecule has 0 amide bonds. The van der Waals surface area contributed by atoms with E-state index in [2.05, 4.69) is 4.74 Å². The number of hydroxylamine groups is 3. The molecule has 0 unspecified atom stereocenters. The Morgan fingerprint density at radius 2 is 1.56 bits per heavy atom. The molecule has 4 N–H and O–H groups in total. The lowest BCUT2D eigenvalue weighted by Crippen LogP contribution is -2.47. The number of nitrogens with zero attached hydrogens (tertiary/aromatic N) is 1. The van der Waals surface area contributed by atoms with Crippen molar-refractivity contribution in [1.82, 2.24) is 0 Å². The first kappa shape index (κ1) is 17.7. The Bertz CT molecular complexity index is 361. The van der Waals surface area contributed by atoms with Gasteiger partial charge >= 0.3 is 21.2 Å². The molecule has 0 rings (SSSR count). The maximum absolute atomic E-state index is 11.9. The van der Waals surface area contributed by atoms with Crippen molar-refractivity contribution in [3.05, 3.63) is 5.21 Å². The third-order valence-corrected chi connectivity index (χ3v) is 3.37. The molecule has 0 radical (unpaired) electrons. The molecule has 0 aliphatic heterocycles. The first-order chi connectivity index (χ1) is 7.87. The summed E-state index contributed by atoms with van der Waals surface area (Å²) in [6.45, 7) is 0.304. The quantitative estimate of drug-likeness (QED) is 0.202. The first-order valence-corrected chi connectivity index (χ1v) is 8.28. The molecule has 18 heavy (non-hydrogen) atoms. The van der Waals surface area contributed by atoms with Gasteiger partial charge in [-0.15, -0.1) is 0 Å². The Kier molecular flexibility index (Phi) is 6.12. The largest absolute Gasteiger partial charge is 0.631 e. The summed E-state index contributed by atoms with van der Waals surface area (Å²) >= 11 is 0. The summed E-state index contributed by atoms with van der Waals surface area (Å²) in [5, 5.41) is 11.9. The van der Waals surface area contributed by atoms with Crippen molar-refractivity contribution in [3.8, 4) is 0 Å². The number of carbonyl (C=O) groups excluding carboxylic acids is 1. The molecule has 10 nitrogen and oxygen atoms in total. The van der Waals surface area contributed by atoms with Crippen molar-refractivity contribution in [2.24, 2.45) is 0 Å². The minimum absolute atomic E-state index is 0.0648. The maximum Gasteiger partial charge on any atom is 0.379 e. The third kappa shape index (κ3) is 8.73. The van der Waals surface area contributed by atoms with E-state index in [1.807, 2.05) is 0 Å². The minimum Gasteiger partial charge on any atom is -0.631 e. The van der Waals surface area contributed by atoms with E-state index in [1.54, 1.807) is 0 Å². The second-order valence-corrected chi connectivity index (χ2v) is 6.86. The van der Waals surface area contributed by atoms with E-state index in [0.29, 0.717) is 0 Å². The van der Waals surface area contributed by atoms with Crippen molar-refractivity contribution in [3.63, 3.8) is 0 Å². The van der Waals surface area contributed by atoms with Gasteiger partial charge in [-0.3, -0.25) is 9.13 Å². The van der Waals surface area contributed by atoms with Gasteiger partial charge in [0, 0.05) is 0 Å². The number of hydrogen-bond donors (Lipinski definition) is 4. The van der Waals surface area contributed by atoms with Gasteiger partial charge in [-0.1, -0.05) is 0 Å². The average Bonchev–Trinajstić information content (AvgIpc) is 1.93. The molecule has 0 aromatic heterocycles. The summed E-state index contributed by atoms with van der Waals surface area (Å²) in [6.07, 6.45) is -2.81. The molecule has 0 aromatic rings. The SMILES string of the molecule is CCOC(=O)C[N+]([O-])(CP(=O)(O)O)CP(=O)(O)O. The van der Waals surface area contributed by atoms with Gasteiger partial charge in [-0.2, -0.15) is 0 Å². The summed E-state index contributed by atoms with van der Waals surface area (Å²) in [7, 11) is -9.68. The van der Waals surface area contributed by atoms with Crippen molar-refractivity contribution < 1.29 is 42.9 Å². The molecule has 12 heteroatoms. The highest BCUT2D eigenvalue weighted by Crippen LogP contribution is 2.44. The molecule has 0 saturated carbocycles. The van der Waals surface area contributed by atoms with Gasteiger partial charge in [0.15, 0.2) is 19.1 Å². The Labute approximate surface area is 103 Å². The Morgan fingerprint density at radius 3 is 1.83 bits per heavy atom. The van der Waals surface area contributed by atoms with Crippen LogP contribution in [0.25, 0.3) is 0 Å². The summed E-state index contributed by atoms with van der Waals surface area (Å²) in [4.78, 5) is 45.8. The Hall–Kier alpha value is -0.310. The highest BCUT2D eigenvalue weighted by Gasteiger charge is 2.36. The predicted octanol–water partition coefficient (Wildman–Crippen LogP) is -0.865. The fraction of sp³-hybridized carbons (Fsp3) is 0.833. The molecule has 108 valence electrons. The van der Waals surface area contributed by atoms with Gasteiger partial charge in [0.2, 0.25) is 0 Å². The van der Waals surface area contributed by atoms with Gasteiger partial charge in [-0.05, 0) is 6.92 Å². The van der Waals surface area contributed by atoms with Crippen LogP contribution in [0.15, 0.2) is 0 Å². The monoisotopic (exact) mass is 307 g/mol. The van der Waals surface area contributed by atoms with E-state index in [9.17, 15) is 19.1 Å². The fourth-order valence-corrected chi connectivity index (χ4v) is 3.16. The van der Waals surface area contributed by atoms with Gasteiger partial charge in [0.05, 0.1) is 6.61 Å². The van der Waals surface area contributed by atoms with Gasteiger partial charge < -0.3 is 34.2 Å². The number of rotatable bonds is 7. The van der Waals surface area contributed by atoms with Crippen LogP contribution in [0.4, 0.5) is 0 Å². The lowest BCUT2D eigenvalue weighted by molar-refractivity contribution is -0.851. The number of carbonyl (C=O) groups is 1. The molecular weight excluding hydrogens is 292 g/mol. The number of hydrogen-bond acceptors (Lipinski definition) is 5. The molecule has 0 bridgehead atoms. The highest BCUT2D eigenvalue weighted by atomic mass is 31.2. The van der Waals surface area contributed by atoms with E-state index >= 15 is 0 Å². The van der Waals surface area contributed by atoms with Crippen molar-refractivity contribution in [2.75, 3.05) is 25.7 Å². The van der Waals surface area contributed by atoms with Crippen molar-refractivity contribution >= 4 is 21.2 Å². The third-order valence-electron chi connectivity index (χ3n) is 1.61. The molecule has 0 atom stereocenters. The summed E-state index contributed by atoms with van der Waals surface area (Å²) in [5.41, 5.74) is 0. The molecule has 0 aliphatic carbocycles. The standard InChI is InChI=1S/C6H15NO9P2/c1-2-16-6(8)3-7(9,4-17(10,11)12)5-18(13,14)15/h2-5H2,1H3,(H2,10,11,12)(H2,13,14,15). The Balaban J connectivity index is 4.97. The zero-order valence-electron chi connectivity index (χ0n) is 9.50. The topological polar surface area (TPSA) is 164 Å². The van der Waals surface area contributed by atoms with E-state index in [0.717, 1.165) is 0 Å². The van der Waals surface area contributed by atoms with Gasteiger partial charge in [0.1, 0.15) is 0 Å². The molecule has 0 heterocycles. The second-order valence-electron chi connectivity index (χ2n) is 3.63. The van der Waals surface area contributed by atoms with E-state index in [1.165, 1.54) is 6.92 Å². The van der Waals surface area contributed by atoms with Crippen LogP contribution in [-0.2, 0) is 18.7 Å². The zero-order valence-corrected chi connectivity index (χ0v) is 11.3. The highest BCUT2D eigenvalue weighted by molar-refractivity contribution is 7.52. The fourth-order valence-electron chi connectivity index (χ4n) is 1.26. The van der Waals surface area contributed by atoms with Crippen LogP contribution < -0.4 is 0 Å². The molecule has 0 aliphatic rings. The molecular formula is C6H15NO9P2. The van der Waals surface area contributed by atoms with Crippen LogP contribution in [-0.4, -0.2) is 55.9 Å². The lowest BCUT2D eigenvalue weighted by Gasteiger charge is -2.40. The molecule has 0 spiro atoms. The number of ether oxygens (including phenoxy) is 1. The van der Waals surface area contributed by atoms with Crippen molar-refractivity contribution in [1.29, 1.82) is 0 Å². The first-order valence-electron chi connectivity index (χ1n) is 4.69. The Morgan fingerprint density at radius 1 is 1.17 bits per heavy atom. The molecule has 0 fully saturated rings. The maximum atomic E-state index is 11.9. The van der Waals surface area contributed by atoms with Crippen LogP contribution >= 0.6 is 15.2 Å². The minimum atomic E-state index is -4.84. The van der Waals surface area contributed by atoms with Crippen LogP contribution in [0.1, 0.15) is 6.92 Å². The molecule has 0 aromatic carbocycles. The number of quaternary nitrogens is 1. The van der Waals surface area contributed by atoms with Gasteiger partial charge in [0.25, 0.3) is 0 Å².